The molecular weight excluding hydrogens is 188 g/mol. The lowest BCUT2D eigenvalue weighted by molar-refractivity contribution is 0.289. The molecule has 0 aliphatic heterocycles. The number of nitrogens with two attached hydrogens (primary N) is 1. The standard InChI is InChI=1S/C12H18N2O/c1-15-12-5-3-2-4-9(12)8-14-11-6-10(13)7-11/h2-5,10-11,14H,6-8,13H2,1H3. The van der Waals surface area contributed by atoms with Gasteiger partial charge in [-0.25, -0.2) is 0 Å². The van der Waals surface area contributed by atoms with Crippen LogP contribution in [0.1, 0.15) is 18.4 Å². The second kappa shape index (κ2) is 4.64. The summed E-state index contributed by atoms with van der Waals surface area (Å²) in [6.07, 6.45) is 2.18. The van der Waals surface area contributed by atoms with Crippen LogP contribution in [0.15, 0.2) is 24.3 Å². The van der Waals surface area contributed by atoms with Crippen molar-refractivity contribution in [2.75, 3.05) is 7.11 Å². The van der Waals surface area contributed by atoms with Gasteiger partial charge in [0.15, 0.2) is 0 Å². The Balaban J connectivity index is 1.87. The van der Waals surface area contributed by atoms with Gasteiger partial charge in [-0.2, -0.15) is 0 Å². The zero-order chi connectivity index (χ0) is 10.7. The summed E-state index contributed by atoms with van der Waals surface area (Å²) in [5, 5.41) is 3.48. The molecule has 1 fully saturated rings. The number of nitrogens with one attached hydrogen (secondary N) is 1. The van der Waals surface area contributed by atoms with Gasteiger partial charge in [-0.15, -0.1) is 0 Å². The van der Waals surface area contributed by atoms with Gasteiger partial charge < -0.3 is 15.8 Å². The van der Waals surface area contributed by atoms with E-state index < -0.39 is 0 Å². The van der Waals surface area contributed by atoms with E-state index in [9.17, 15) is 0 Å². The quantitative estimate of drug-likeness (QED) is 0.780. The minimum Gasteiger partial charge on any atom is -0.496 e. The maximum Gasteiger partial charge on any atom is 0.123 e. The topological polar surface area (TPSA) is 47.3 Å². The smallest absolute Gasteiger partial charge is 0.123 e. The van der Waals surface area contributed by atoms with E-state index in [2.05, 4.69) is 11.4 Å². The molecule has 1 aliphatic carbocycles. The highest BCUT2D eigenvalue weighted by molar-refractivity contribution is 5.33. The molecule has 0 radical (unpaired) electrons. The van der Waals surface area contributed by atoms with Crippen LogP contribution in [-0.4, -0.2) is 19.2 Å². The molecule has 0 heterocycles. The summed E-state index contributed by atoms with van der Waals surface area (Å²) in [6.45, 7) is 0.862. The largest absolute Gasteiger partial charge is 0.496 e. The highest BCUT2D eigenvalue weighted by Crippen LogP contribution is 2.20. The van der Waals surface area contributed by atoms with E-state index >= 15 is 0 Å². The predicted molar refractivity (Wildman–Crippen MR) is 60.8 cm³/mol. The molecule has 1 aromatic rings. The molecule has 2 rings (SSSR count). The minimum atomic E-state index is 0.403. The fourth-order valence-electron chi connectivity index (χ4n) is 1.93. The van der Waals surface area contributed by atoms with Crippen molar-refractivity contribution in [2.45, 2.75) is 31.5 Å². The van der Waals surface area contributed by atoms with Crippen molar-refractivity contribution in [3.8, 4) is 5.75 Å². The highest BCUT2D eigenvalue weighted by atomic mass is 16.5. The molecule has 3 N–H and O–H groups in total. The number of ether oxygens (including phenoxy) is 1. The number of hydrogen-bond acceptors (Lipinski definition) is 3. The van der Waals surface area contributed by atoms with Crippen LogP contribution in [0.2, 0.25) is 0 Å². The lowest BCUT2D eigenvalue weighted by Gasteiger charge is -2.33. The summed E-state index contributed by atoms with van der Waals surface area (Å²) < 4.78 is 5.29. The lowest BCUT2D eigenvalue weighted by Crippen LogP contribution is -2.48. The molecule has 3 nitrogen and oxygen atoms in total. The Bertz CT molecular complexity index is 321. The summed E-state index contributed by atoms with van der Waals surface area (Å²) in [5.41, 5.74) is 6.94. The van der Waals surface area contributed by atoms with Crippen molar-refractivity contribution in [1.82, 2.24) is 5.32 Å². The van der Waals surface area contributed by atoms with Crippen LogP contribution in [0.25, 0.3) is 0 Å². The lowest BCUT2D eigenvalue weighted by atomic mass is 9.87. The molecule has 1 aliphatic rings. The van der Waals surface area contributed by atoms with Gasteiger partial charge in [-0.3, -0.25) is 0 Å². The zero-order valence-electron chi connectivity index (χ0n) is 9.07. The number of benzene rings is 1. The van der Waals surface area contributed by atoms with Crippen LogP contribution >= 0.6 is 0 Å². The first-order chi connectivity index (χ1) is 7.29. The van der Waals surface area contributed by atoms with E-state index in [4.69, 9.17) is 10.5 Å². The maximum atomic E-state index is 5.73. The van der Waals surface area contributed by atoms with Gasteiger partial charge >= 0.3 is 0 Å². The van der Waals surface area contributed by atoms with Gasteiger partial charge in [0.05, 0.1) is 7.11 Å². The molecule has 0 atom stereocenters. The van der Waals surface area contributed by atoms with Crippen molar-refractivity contribution in [2.24, 2.45) is 5.73 Å². The van der Waals surface area contributed by atoms with E-state index in [1.54, 1.807) is 7.11 Å². The van der Waals surface area contributed by atoms with Gasteiger partial charge in [-0.05, 0) is 18.9 Å². The average Bonchev–Trinajstić information content (AvgIpc) is 2.23. The molecule has 0 saturated heterocycles. The molecule has 0 bridgehead atoms. The predicted octanol–water partition coefficient (Wildman–Crippen LogP) is 1.27. The monoisotopic (exact) mass is 206 g/mol. The summed E-state index contributed by atoms with van der Waals surface area (Å²) in [4.78, 5) is 0. The molecule has 0 amide bonds. The van der Waals surface area contributed by atoms with Crippen molar-refractivity contribution in [1.29, 1.82) is 0 Å². The highest BCUT2D eigenvalue weighted by Gasteiger charge is 2.25. The second-order valence-corrected chi connectivity index (χ2v) is 4.12. The van der Waals surface area contributed by atoms with E-state index in [1.807, 2.05) is 18.2 Å². The van der Waals surface area contributed by atoms with Crippen LogP contribution in [0.5, 0.6) is 5.75 Å². The first-order valence-corrected chi connectivity index (χ1v) is 5.40. The Morgan fingerprint density at radius 3 is 2.80 bits per heavy atom. The van der Waals surface area contributed by atoms with Gasteiger partial charge in [0, 0.05) is 24.2 Å². The first kappa shape index (κ1) is 10.5. The van der Waals surface area contributed by atoms with Crippen LogP contribution in [0.3, 0.4) is 0 Å². The van der Waals surface area contributed by atoms with Crippen molar-refractivity contribution in [3.05, 3.63) is 29.8 Å². The van der Waals surface area contributed by atoms with Crippen LogP contribution in [-0.2, 0) is 6.54 Å². The molecule has 0 aromatic heterocycles. The third-order valence-electron chi connectivity index (χ3n) is 2.95. The molecule has 3 heteroatoms. The van der Waals surface area contributed by atoms with Crippen LogP contribution in [0, 0.1) is 0 Å². The number of hydrogen-bond donors (Lipinski definition) is 2. The summed E-state index contributed by atoms with van der Waals surface area (Å²) in [5.74, 6) is 0.952. The Morgan fingerprint density at radius 2 is 2.13 bits per heavy atom. The molecule has 1 aromatic carbocycles. The molecule has 1 saturated carbocycles. The fourth-order valence-corrected chi connectivity index (χ4v) is 1.93. The van der Waals surface area contributed by atoms with Crippen LogP contribution < -0.4 is 15.8 Å². The average molecular weight is 206 g/mol. The fraction of sp³-hybridized carbons (Fsp3) is 0.500. The Kier molecular flexibility index (Phi) is 3.23. The summed E-state index contributed by atoms with van der Waals surface area (Å²) in [6, 6.07) is 9.09. The molecule has 15 heavy (non-hydrogen) atoms. The van der Waals surface area contributed by atoms with Gasteiger partial charge in [0.1, 0.15) is 5.75 Å². The SMILES string of the molecule is COc1ccccc1CNC1CC(N)C1. The Morgan fingerprint density at radius 1 is 1.40 bits per heavy atom. The van der Waals surface area contributed by atoms with Crippen LogP contribution in [0.4, 0.5) is 0 Å². The van der Waals surface area contributed by atoms with Gasteiger partial charge in [0.25, 0.3) is 0 Å². The number of rotatable bonds is 4. The Hall–Kier alpha value is -1.06. The van der Waals surface area contributed by atoms with E-state index in [0.717, 1.165) is 25.1 Å². The minimum absolute atomic E-state index is 0.403. The van der Waals surface area contributed by atoms with Crippen molar-refractivity contribution >= 4 is 0 Å². The van der Waals surface area contributed by atoms with E-state index in [-0.39, 0.29) is 0 Å². The summed E-state index contributed by atoms with van der Waals surface area (Å²) >= 11 is 0. The van der Waals surface area contributed by atoms with E-state index in [1.165, 1.54) is 5.56 Å². The van der Waals surface area contributed by atoms with E-state index in [0.29, 0.717) is 12.1 Å². The van der Waals surface area contributed by atoms with Gasteiger partial charge in [-0.1, -0.05) is 18.2 Å². The Labute approximate surface area is 90.6 Å². The number of methoxy groups -OCH3 is 1. The zero-order valence-corrected chi connectivity index (χ0v) is 9.07. The normalized spacial score (nSPS) is 24.7. The third kappa shape index (κ3) is 2.49. The third-order valence-corrected chi connectivity index (χ3v) is 2.95. The molecule has 0 unspecified atom stereocenters. The number of para-hydroxylation sites is 1. The second-order valence-electron chi connectivity index (χ2n) is 4.12. The van der Waals surface area contributed by atoms with Crippen molar-refractivity contribution in [3.63, 3.8) is 0 Å². The van der Waals surface area contributed by atoms with Gasteiger partial charge in [0.2, 0.25) is 0 Å². The van der Waals surface area contributed by atoms with Crippen molar-refractivity contribution < 1.29 is 4.74 Å². The maximum absolute atomic E-state index is 5.73. The molecular formula is C12H18N2O. The molecule has 0 spiro atoms. The molecule has 82 valence electrons. The first-order valence-electron chi connectivity index (χ1n) is 5.40. The summed E-state index contributed by atoms with van der Waals surface area (Å²) in [7, 11) is 1.71.